The van der Waals surface area contributed by atoms with Gasteiger partial charge in [0, 0.05) is 12.4 Å². The summed E-state index contributed by atoms with van der Waals surface area (Å²) < 4.78 is 1.92. The van der Waals surface area contributed by atoms with Crippen LogP contribution in [0.5, 0.6) is 0 Å². The minimum absolute atomic E-state index is 0.224. The molecule has 0 saturated heterocycles. The van der Waals surface area contributed by atoms with E-state index in [0.717, 1.165) is 11.1 Å². The molecule has 5 nitrogen and oxygen atoms in total. The molecule has 0 unspecified atom stereocenters. The summed E-state index contributed by atoms with van der Waals surface area (Å²) in [5, 5.41) is 9.12. The molecule has 1 N–H and O–H groups in total. The van der Waals surface area contributed by atoms with E-state index < -0.39 is 5.97 Å². The first-order valence-corrected chi connectivity index (χ1v) is 5.82. The molecule has 5 heteroatoms. The van der Waals surface area contributed by atoms with Gasteiger partial charge in [-0.05, 0) is 23.8 Å². The van der Waals surface area contributed by atoms with Crippen LogP contribution >= 0.6 is 0 Å². The van der Waals surface area contributed by atoms with Crippen LogP contribution in [0.15, 0.2) is 49.1 Å². The lowest BCUT2D eigenvalue weighted by Crippen LogP contribution is -2.00. The van der Waals surface area contributed by atoms with Crippen molar-refractivity contribution in [3.63, 3.8) is 0 Å². The van der Waals surface area contributed by atoms with Gasteiger partial charge in [-0.2, -0.15) is 0 Å². The molecular formula is C14H11N3O2. The first kappa shape index (κ1) is 11.4. The number of rotatable bonds is 3. The number of carbonyl (C=O) groups is 1. The average Bonchev–Trinajstić information content (AvgIpc) is 2.83. The predicted molar refractivity (Wildman–Crippen MR) is 70.0 cm³/mol. The van der Waals surface area contributed by atoms with Gasteiger partial charge in [0.15, 0.2) is 0 Å². The van der Waals surface area contributed by atoms with E-state index in [1.54, 1.807) is 30.9 Å². The van der Waals surface area contributed by atoms with Crippen molar-refractivity contribution in [2.45, 2.75) is 6.54 Å². The maximum Gasteiger partial charge on any atom is 0.337 e. The molecule has 0 atom stereocenters. The summed E-state index contributed by atoms with van der Waals surface area (Å²) in [6, 6.07) is 9.00. The summed E-state index contributed by atoms with van der Waals surface area (Å²) in [5.41, 5.74) is 2.59. The quantitative estimate of drug-likeness (QED) is 0.776. The largest absolute Gasteiger partial charge is 0.478 e. The Balaban J connectivity index is 2.07. The van der Waals surface area contributed by atoms with Crippen LogP contribution in [-0.4, -0.2) is 25.6 Å². The molecule has 0 aliphatic heterocycles. The van der Waals surface area contributed by atoms with Crippen molar-refractivity contribution in [1.82, 2.24) is 14.5 Å². The molecule has 0 fully saturated rings. The van der Waals surface area contributed by atoms with Gasteiger partial charge >= 0.3 is 5.97 Å². The number of carboxylic acids is 1. The van der Waals surface area contributed by atoms with Gasteiger partial charge in [-0.25, -0.2) is 9.78 Å². The van der Waals surface area contributed by atoms with Crippen molar-refractivity contribution in [3.05, 3.63) is 60.2 Å². The number of para-hydroxylation sites is 1. The molecule has 0 amide bonds. The van der Waals surface area contributed by atoms with E-state index in [1.807, 2.05) is 22.8 Å². The summed E-state index contributed by atoms with van der Waals surface area (Å²) in [5.74, 6) is -0.961. The standard InChI is InChI=1S/C14H11N3O2/c18-14(19)11-4-1-5-12-13(11)16-9-17(12)8-10-3-2-6-15-7-10/h1-7,9H,8H2,(H,18,19). The Kier molecular flexibility index (Phi) is 2.72. The number of nitrogens with zero attached hydrogens (tertiary/aromatic N) is 3. The van der Waals surface area contributed by atoms with Crippen LogP contribution in [0.2, 0.25) is 0 Å². The Bertz CT molecular complexity index is 735. The normalized spacial score (nSPS) is 10.7. The molecule has 0 spiro atoms. The number of hydrogen-bond acceptors (Lipinski definition) is 3. The third kappa shape index (κ3) is 2.06. The number of imidazole rings is 1. The van der Waals surface area contributed by atoms with Gasteiger partial charge in [0.1, 0.15) is 5.52 Å². The highest BCUT2D eigenvalue weighted by molar-refractivity contribution is 6.00. The minimum Gasteiger partial charge on any atom is -0.478 e. The van der Waals surface area contributed by atoms with Crippen LogP contribution in [0.4, 0.5) is 0 Å². The maximum atomic E-state index is 11.1. The van der Waals surface area contributed by atoms with Crippen molar-refractivity contribution < 1.29 is 9.90 Å². The predicted octanol–water partition coefficient (Wildman–Crippen LogP) is 2.18. The highest BCUT2D eigenvalue weighted by Crippen LogP contribution is 2.18. The summed E-state index contributed by atoms with van der Waals surface area (Å²) in [6.45, 7) is 0.618. The highest BCUT2D eigenvalue weighted by atomic mass is 16.4. The summed E-state index contributed by atoms with van der Waals surface area (Å²) in [4.78, 5) is 19.4. The van der Waals surface area contributed by atoms with Crippen LogP contribution < -0.4 is 0 Å². The fraction of sp³-hybridized carbons (Fsp3) is 0.0714. The lowest BCUT2D eigenvalue weighted by molar-refractivity contribution is 0.0699. The number of hydrogen-bond donors (Lipinski definition) is 1. The zero-order chi connectivity index (χ0) is 13.2. The first-order chi connectivity index (χ1) is 9.25. The number of fused-ring (bicyclic) bond motifs is 1. The molecule has 19 heavy (non-hydrogen) atoms. The minimum atomic E-state index is -0.961. The Morgan fingerprint density at radius 1 is 1.26 bits per heavy atom. The third-order valence-corrected chi connectivity index (χ3v) is 2.96. The van der Waals surface area contributed by atoms with Gasteiger partial charge in [-0.15, -0.1) is 0 Å². The fourth-order valence-corrected chi connectivity index (χ4v) is 2.08. The Morgan fingerprint density at radius 3 is 2.89 bits per heavy atom. The number of benzene rings is 1. The summed E-state index contributed by atoms with van der Waals surface area (Å²) in [7, 11) is 0. The number of pyridine rings is 1. The lowest BCUT2D eigenvalue weighted by atomic mass is 10.2. The van der Waals surface area contributed by atoms with Crippen molar-refractivity contribution in [2.24, 2.45) is 0 Å². The van der Waals surface area contributed by atoms with Gasteiger partial charge in [-0.1, -0.05) is 12.1 Å². The molecule has 0 bridgehead atoms. The smallest absolute Gasteiger partial charge is 0.337 e. The Labute approximate surface area is 109 Å². The van der Waals surface area contributed by atoms with Crippen molar-refractivity contribution in [3.8, 4) is 0 Å². The first-order valence-electron chi connectivity index (χ1n) is 5.82. The van der Waals surface area contributed by atoms with Gasteiger partial charge in [0.05, 0.1) is 24.0 Å². The Hall–Kier alpha value is -2.69. The van der Waals surface area contributed by atoms with E-state index in [-0.39, 0.29) is 5.56 Å². The van der Waals surface area contributed by atoms with Gasteiger partial charge in [0.25, 0.3) is 0 Å². The lowest BCUT2D eigenvalue weighted by Gasteiger charge is -2.04. The van der Waals surface area contributed by atoms with Crippen LogP contribution in [0.25, 0.3) is 11.0 Å². The molecule has 0 radical (unpaired) electrons. The number of aromatic carboxylic acids is 1. The second kappa shape index (κ2) is 4.53. The molecule has 94 valence electrons. The van der Waals surface area contributed by atoms with Crippen molar-refractivity contribution >= 4 is 17.0 Å². The van der Waals surface area contributed by atoms with E-state index in [1.165, 1.54) is 0 Å². The molecule has 3 rings (SSSR count). The molecule has 1 aromatic carbocycles. The summed E-state index contributed by atoms with van der Waals surface area (Å²) in [6.07, 6.45) is 5.16. The van der Waals surface area contributed by atoms with E-state index in [2.05, 4.69) is 9.97 Å². The van der Waals surface area contributed by atoms with E-state index in [4.69, 9.17) is 5.11 Å². The Morgan fingerprint density at radius 2 is 2.16 bits per heavy atom. The zero-order valence-electron chi connectivity index (χ0n) is 10.0. The highest BCUT2D eigenvalue weighted by Gasteiger charge is 2.12. The molecule has 2 heterocycles. The van der Waals surface area contributed by atoms with Crippen molar-refractivity contribution in [2.75, 3.05) is 0 Å². The molecule has 0 aliphatic carbocycles. The van der Waals surface area contributed by atoms with Crippen molar-refractivity contribution in [1.29, 1.82) is 0 Å². The van der Waals surface area contributed by atoms with Crippen LogP contribution in [-0.2, 0) is 6.54 Å². The van der Waals surface area contributed by atoms with E-state index >= 15 is 0 Å². The SMILES string of the molecule is O=C(O)c1cccc2c1ncn2Cc1cccnc1. The summed E-state index contributed by atoms with van der Waals surface area (Å²) >= 11 is 0. The van der Waals surface area contributed by atoms with Gasteiger partial charge in [0.2, 0.25) is 0 Å². The number of aromatic nitrogens is 3. The van der Waals surface area contributed by atoms with Crippen LogP contribution in [0.1, 0.15) is 15.9 Å². The molecular weight excluding hydrogens is 242 g/mol. The monoisotopic (exact) mass is 253 g/mol. The zero-order valence-corrected chi connectivity index (χ0v) is 10.0. The average molecular weight is 253 g/mol. The molecule has 2 aromatic heterocycles. The molecule has 0 saturated carbocycles. The van der Waals surface area contributed by atoms with Crippen LogP contribution in [0.3, 0.4) is 0 Å². The van der Waals surface area contributed by atoms with Gasteiger partial charge < -0.3 is 9.67 Å². The maximum absolute atomic E-state index is 11.1. The number of carboxylic acid groups (broad SMARTS) is 1. The van der Waals surface area contributed by atoms with Crippen LogP contribution in [0, 0.1) is 0 Å². The topological polar surface area (TPSA) is 68.0 Å². The van der Waals surface area contributed by atoms with Gasteiger partial charge in [-0.3, -0.25) is 4.98 Å². The van der Waals surface area contributed by atoms with E-state index in [0.29, 0.717) is 12.1 Å². The third-order valence-electron chi connectivity index (χ3n) is 2.96. The molecule has 0 aliphatic rings. The second-order valence-corrected chi connectivity index (χ2v) is 4.21. The second-order valence-electron chi connectivity index (χ2n) is 4.21. The molecule has 3 aromatic rings. The fourth-order valence-electron chi connectivity index (χ4n) is 2.08. The van der Waals surface area contributed by atoms with E-state index in [9.17, 15) is 4.79 Å².